The second kappa shape index (κ2) is 8.86. The van der Waals surface area contributed by atoms with Crippen LogP contribution in [0, 0.1) is 0 Å². The van der Waals surface area contributed by atoms with E-state index in [1.807, 2.05) is 6.92 Å². The van der Waals surface area contributed by atoms with Gasteiger partial charge in [-0.2, -0.15) is 0 Å². The smallest absolute Gasteiger partial charge is 0.0433 e. The first-order chi connectivity index (χ1) is 1.91. The first-order valence-electron chi connectivity index (χ1n) is 1.40. The van der Waals surface area contributed by atoms with Crippen LogP contribution in [0.2, 0.25) is 0 Å². The zero-order valence-corrected chi connectivity index (χ0v) is 7.50. The zero-order chi connectivity index (χ0) is 3.41. The normalized spacial score (nSPS) is 6.00. The van der Waals surface area contributed by atoms with E-state index in [1.165, 1.54) is 0 Å². The van der Waals surface area contributed by atoms with Gasteiger partial charge in [0.1, 0.15) is 0 Å². The van der Waals surface area contributed by atoms with E-state index in [2.05, 4.69) is 4.74 Å². The van der Waals surface area contributed by atoms with Gasteiger partial charge in [0.25, 0.3) is 0 Å². The summed E-state index contributed by atoms with van der Waals surface area (Å²) in [6.07, 6.45) is 0. The maximum Gasteiger partial charge on any atom is 0.0433 e. The summed E-state index contributed by atoms with van der Waals surface area (Å²) in [6.45, 7) is 2.78. The Morgan fingerprint density at radius 2 is 1.80 bits per heavy atom. The first kappa shape index (κ1) is 9.30. The van der Waals surface area contributed by atoms with Crippen LogP contribution in [0.15, 0.2) is 0 Å². The van der Waals surface area contributed by atoms with Gasteiger partial charge in [-0.1, -0.05) is 0 Å². The Morgan fingerprint density at radius 3 is 1.80 bits per heavy atom. The molecule has 0 aromatic heterocycles. The Kier molecular flexibility index (Phi) is 16.5. The summed E-state index contributed by atoms with van der Waals surface area (Å²) < 4.78 is 4.54. The van der Waals surface area contributed by atoms with Crippen LogP contribution in [0.1, 0.15) is 6.92 Å². The minimum absolute atomic E-state index is 0. The third-order valence-electron chi connectivity index (χ3n) is 0.289. The molecule has 0 bridgehead atoms. The van der Waals surface area contributed by atoms with E-state index in [4.69, 9.17) is 0 Å². The van der Waals surface area contributed by atoms with Crippen LogP contribution in [0.4, 0.5) is 0 Å². The molecule has 0 fully saturated rings. The fourth-order valence-electron chi connectivity index (χ4n) is 0. The molecule has 30 valence electrons. The Labute approximate surface area is 52.9 Å². The predicted octanol–water partition coefficient (Wildman–Crippen LogP) is 0.272. The molecule has 0 spiro atoms. The predicted molar refractivity (Wildman–Crippen MR) is 23.3 cm³/mol. The quantitative estimate of drug-likeness (QED) is 0.620. The Balaban J connectivity index is 0. The number of hydrogen-bond donors (Lipinski definition) is 0. The van der Waals surface area contributed by atoms with Crippen molar-refractivity contribution in [2.75, 3.05) is 13.7 Å². The van der Waals surface area contributed by atoms with Crippen molar-refractivity contribution in [2.45, 2.75) is 6.92 Å². The summed E-state index contributed by atoms with van der Waals surface area (Å²) in [5, 5.41) is 0. The molecule has 0 aromatic rings. The van der Waals surface area contributed by atoms with Crippen molar-refractivity contribution < 1.29 is 4.74 Å². The van der Waals surface area contributed by atoms with Crippen LogP contribution >= 0.6 is 0 Å². The number of rotatable bonds is 1. The number of methoxy groups -OCH3 is 1. The molecule has 1 nitrogen and oxygen atoms in total. The summed E-state index contributed by atoms with van der Waals surface area (Å²) in [7, 11) is 1.68. The standard InChI is InChI=1S/C3H8O.Pb/c1-3-4-2;/h3H2,1-2H3;. The van der Waals surface area contributed by atoms with Crippen LogP contribution in [0.5, 0.6) is 0 Å². The van der Waals surface area contributed by atoms with Gasteiger partial charge in [-0.25, -0.2) is 0 Å². The monoisotopic (exact) mass is 268 g/mol. The van der Waals surface area contributed by atoms with Crippen LogP contribution < -0.4 is 0 Å². The van der Waals surface area contributed by atoms with Crippen molar-refractivity contribution in [3.05, 3.63) is 0 Å². The molecule has 5 heavy (non-hydrogen) atoms. The minimum atomic E-state index is 0. The van der Waals surface area contributed by atoms with E-state index >= 15 is 0 Å². The Bertz CT molecular complexity index is 8.85. The van der Waals surface area contributed by atoms with Gasteiger partial charge in [0, 0.05) is 41.0 Å². The average molecular weight is 267 g/mol. The van der Waals surface area contributed by atoms with Crippen molar-refractivity contribution in [1.82, 2.24) is 0 Å². The molecule has 0 saturated heterocycles. The molecule has 0 N–H and O–H groups in total. The van der Waals surface area contributed by atoms with Gasteiger partial charge in [-0.3, -0.25) is 0 Å². The van der Waals surface area contributed by atoms with Gasteiger partial charge >= 0.3 is 0 Å². The van der Waals surface area contributed by atoms with Crippen LogP contribution in [0.3, 0.4) is 0 Å². The Morgan fingerprint density at radius 1 is 1.60 bits per heavy atom. The topological polar surface area (TPSA) is 9.23 Å². The molecule has 0 unspecified atom stereocenters. The van der Waals surface area contributed by atoms with Gasteiger partial charge in [-0.15, -0.1) is 0 Å². The average Bonchev–Trinajstić information content (AvgIpc) is 1.37. The van der Waals surface area contributed by atoms with Gasteiger partial charge in [-0.05, 0) is 6.92 Å². The van der Waals surface area contributed by atoms with Crippen molar-refractivity contribution in [2.24, 2.45) is 0 Å². The molecule has 0 aliphatic heterocycles. The van der Waals surface area contributed by atoms with Gasteiger partial charge in [0.05, 0.1) is 0 Å². The molecule has 0 aromatic carbocycles. The third kappa shape index (κ3) is 11.4. The van der Waals surface area contributed by atoms with Gasteiger partial charge in [0.15, 0.2) is 0 Å². The molecule has 0 rings (SSSR count). The van der Waals surface area contributed by atoms with E-state index < -0.39 is 0 Å². The summed E-state index contributed by atoms with van der Waals surface area (Å²) in [5.41, 5.74) is 0. The van der Waals surface area contributed by atoms with E-state index in [1.54, 1.807) is 7.11 Å². The molecule has 2 heteroatoms. The maximum absolute atomic E-state index is 4.54. The summed E-state index contributed by atoms with van der Waals surface area (Å²) >= 11 is 0. The molecule has 0 saturated carbocycles. The zero-order valence-electron chi connectivity index (χ0n) is 3.62. The second-order valence-electron chi connectivity index (χ2n) is 0.577. The van der Waals surface area contributed by atoms with E-state index in [0.717, 1.165) is 6.61 Å². The molecular weight excluding hydrogens is 259 g/mol. The molecule has 0 amide bonds. The van der Waals surface area contributed by atoms with E-state index in [-0.39, 0.29) is 27.3 Å². The summed E-state index contributed by atoms with van der Waals surface area (Å²) in [6, 6.07) is 0. The van der Waals surface area contributed by atoms with Crippen molar-refractivity contribution in [1.29, 1.82) is 0 Å². The largest absolute Gasteiger partial charge is 0.385 e. The SMILES string of the molecule is CCOC.[Pb]. The second-order valence-corrected chi connectivity index (χ2v) is 0.577. The van der Waals surface area contributed by atoms with Crippen LogP contribution in [-0.4, -0.2) is 41.0 Å². The maximum atomic E-state index is 4.54. The molecule has 0 atom stereocenters. The van der Waals surface area contributed by atoms with E-state index in [9.17, 15) is 0 Å². The Hall–Kier alpha value is 0.882. The van der Waals surface area contributed by atoms with Gasteiger partial charge < -0.3 is 4.74 Å². The van der Waals surface area contributed by atoms with Gasteiger partial charge in [0.2, 0.25) is 0 Å². The molecular formula is C3H8OPb. The minimum Gasteiger partial charge on any atom is -0.385 e. The first-order valence-corrected chi connectivity index (χ1v) is 1.40. The third-order valence-corrected chi connectivity index (χ3v) is 0.289. The summed E-state index contributed by atoms with van der Waals surface area (Å²) in [5.74, 6) is 0. The molecule has 0 heterocycles. The van der Waals surface area contributed by atoms with Crippen LogP contribution in [-0.2, 0) is 4.74 Å². The molecule has 4 radical (unpaired) electrons. The number of hydrogen-bond acceptors (Lipinski definition) is 1. The number of ether oxygens (including phenoxy) is 1. The van der Waals surface area contributed by atoms with Crippen molar-refractivity contribution in [3.63, 3.8) is 0 Å². The fourth-order valence-corrected chi connectivity index (χ4v) is 0. The summed E-state index contributed by atoms with van der Waals surface area (Å²) in [4.78, 5) is 0. The molecule has 0 aliphatic carbocycles. The van der Waals surface area contributed by atoms with E-state index in [0.29, 0.717) is 0 Å². The van der Waals surface area contributed by atoms with Crippen molar-refractivity contribution in [3.8, 4) is 0 Å². The molecule has 0 aliphatic rings. The fraction of sp³-hybridized carbons (Fsp3) is 1.00. The van der Waals surface area contributed by atoms with Crippen LogP contribution in [0.25, 0.3) is 0 Å². The van der Waals surface area contributed by atoms with Crippen molar-refractivity contribution >= 4 is 27.3 Å².